The number of esters is 1. The smallest absolute Gasteiger partial charge is 0.312 e. The van der Waals surface area contributed by atoms with Gasteiger partial charge in [0.1, 0.15) is 5.60 Å². The third kappa shape index (κ3) is 1.47. The van der Waals surface area contributed by atoms with Crippen LogP contribution in [0.3, 0.4) is 0 Å². The highest BCUT2D eigenvalue weighted by Crippen LogP contribution is 2.61. The van der Waals surface area contributed by atoms with Gasteiger partial charge in [0.15, 0.2) is 5.78 Å². The molecule has 0 unspecified atom stereocenters. The van der Waals surface area contributed by atoms with E-state index in [9.17, 15) is 14.7 Å². The van der Waals surface area contributed by atoms with Crippen LogP contribution in [0.5, 0.6) is 0 Å². The Kier molecular flexibility index (Phi) is 3.04. The Labute approximate surface area is 123 Å². The van der Waals surface area contributed by atoms with E-state index in [0.717, 1.165) is 24.8 Å². The van der Waals surface area contributed by atoms with Gasteiger partial charge >= 0.3 is 5.97 Å². The molecule has 4 nitrogen and oxygen atoms in total. The summed E-state index contributed by atoms with van der Waals surface area (Å²) in [5.41, 5.74) is -0.144. The van der Waals surface area contributed by atoms with Crippen molar-refractivity contribution in [1.29, 1.82) is 0 Å². The normalized spacial score (nSPS) is 42.9. The SMILES string of the molecule is COC(=O)[C@@]1(C)C[C@H]2C3=C(CCC3)[C@@H]1C(=O)[C@]2(O)CCl. The molecule has 1 saturated carbocycles. The lowest BCUT2D eigenvalue weighted by Gasteiger charge is -2.54. The second-order valence-corrected chi connectivity index (χ2v) is 6.69. The number of hydrogen-bond donors (Lipinski definition) is 1. The van der Waals surface area contributed by atoms with E-state index < -0.39 is 16.9 Å². The van der Waals surface area contributed by atoms with Gasteiger partial charge in [0.05, 0.1) is 24.3 Å². The predicted molar refractivity (Wildman–Crippen MR) is 73.3 cm³/mol. The zero-order chi connectivity index (χ0) is 14.7. The molecule has 0 amide bonds. The number of carbonyl (C=O) groups is 2. The molecule has 110 valence electrons. The average Bonchev–Trinajstić information content (AvgIpc) is 2.92. The summed E-state index contributed by atoms with van der Waals surface area (Å²) in [5, 5.41) is 10.7. The number of halogens is 1. The van der Waals surface area contributed by atoms with Crippen LogP contribution in [-0.2, 0) is 14.3 Å². The molecule has 4 aliphatic rings. The van der Waals surface area contributed by atoms with E-state index in [1.807, 2.05) is 0 Å². The molecule has 0 heterocycles. The monoisotopic (exact) mass is 298 g/mol. The number of aliphatic hydroxyl groups is 1. The fourth-order valence-electron chi connectivity index (χ4n) is 4.49. The van der Waals surface area contributed by atoms with Crippen molar-refractivity contribution in [2.24, 2.45) is 17.3 Å². The van der Waals surface area contributed by atoms with Crippen LogP contribution in [0, 0.1) is 17.3 Å². The van der Waals surface area contributed by atoms with Crippen LogP contribution in [-0.4, -0.2) is 35.4 Å². The number of alkyl halides is 1. The molecule has 4 atom stereocenters. The number of rotatable bonds is 2. The van der Waals surface area contributed by atoms with Gasteiger partial charge in [0.2, 0.25) is 0 Å². The molecule has 4 rings (SSSR count). The first kappa shape index (κ1) is 14.1. The number of methoxy groups -OCH3 is 1. The van der Waals surface area contributed by atoms with Crippen LogP contribution in [0.2, 0.25) is 0 Å². The van der Waals surface area contributed by atoms with Crippen LogP contribution in [0.25, 0.3) is 0 Å². The Balaban J connectivity index is 2.16. The van der Waals surface area contributed by atoms with Gasteiger partial charge in [-0.2, -0.15) is 0 Å². The van der Waals surface area contributed by atoms with Gasteiger partial charge < -0.3 is 9.84 Å². The molecule has 0 radical (unpaired) electrons. The molecule has 0 aromatic carbocycles. The molecule has 0 aromatic heterocycles. The van der Waals surface area contributed by atoms with E-state index in [4.69, 9.17) is 16.3 Å². The number of ketones is 1. The fourth-order valence-corrected chi connectivity index (χ4v) is 4.81. The average molecular weight is 299 g/mol. The van der Waals surface area contributed by atoms with E-state index >= 15 is 0 Å². The maximum Gasteiger partial charge on any atom is 0.312 e. The van der Waals surface area contributed by atoms with Crippen molar-refractivity contribution in [1.82, 2.24) is 0 Å². The van der Waals surface area contributed by atoms with Gasteiger partial charge in [-0.05, 0) is 32.6 Å². The number of fused-ring (bicyclic) bond motifs is 2. The Morgan fingerprint density at radius 1 is 1.45 bits per heavy atom. The fraction of sp³-hybridized carbons (Fsp3) is 0.733. The molecular formula is C15H19ClO4. The van der Waals surface area contributed by atoms with Crippen molar-refractivity contribution < 1.29 is 19.4 Å². The highest BCUT2D eigenvalue weighted by atomic mass is 35.5. The van der Waals surface area contributed by atoms with Gasteiger partial charge in [0, 0.05) is 5.92 Å². The minimum absolute atomic E-state index is 0.110. The molecule has 1 fully saturated rings. The van der Waals surface area contributed by atoms with Crippen LogP contribution in [0.15, 0.2) is 11.1 Å². The standard InChI is InChI=1S/C15H19ClO4/c1-14(13(18)20-2)6-10-8-4-3-5-9(8)11(14)12(17)15(10,19)7-16/h10-11,19H,3-7H2,1-2H3/t10-,11+,14-,15-/m0/s1. The second kappa shape index (κ2) is 4.31. The Morgan fingerprint density at radius 2 is 2.10 bits per heavy atom. The largest absolute Gasteiger partial charge is 0.469 e. The van der Waals surface area contributed by atoms with Crippen molar-refractivity contribution in [2.45, 2.75) is 38.2 Å². The number of Topliss-reactive ketones (excluding diaryl/α,β-unsaturated/α-hetero) is 1. The summed E-state index contributed by atoms with van der Waals surface area (Å²) in [6, 6.07) is 0. The molecule has 0 saturated heterocycles. The van der Waals surface area contributed by atoms with Crippen LogP contribution in [0.1, 0.15) is 32.6 Å². The van der Waals surface area contributed by atoms with Crippen LogP contribution < -0.4 is 0 Å². The van der Waals surface area contributed by atoms with Crippen molar-refractivity contribution in [3.05, 3.63) is 11.1 Å². The maximum atomic E-state index is 12.7. The molecule has 1 N–H and O–H groups in total. The molecule has 0 aliphatic heterocycles. The van der Waals surface area contributed by atoms with Gasteiger partial charge in [-0.1, -0.05) is 11.1 Å². The number of carbonyl (C=O) groups excluding carboxylic acids is 2. The number of ether oxygens (including phenoxy) is 1. The zero-order valence-electron chi connectivity index (χ0n) is 11.7. The Morgan fingerprint density at radius 3 is 2.70 bits per heavy atom. The molecule has 5 heteroatoms. The quantitative estimate of drug-likeness (QED) is 0.480. The summed E-state index contributed by atoms with van der Waals surface area (Å²) in [6.45, 7) is 1.78. The zero-order valence-corrected chi connectivity index (χ0v) is 12.5. The lowest BCUT2D eigenvalue weighted by Crippen LogP contribution is -2.65. The van der Waals surface area contributed by atoms with E-state index in [1.165, 1.54) is 12.7 Å². The van der Waals surface area contributed by atoms with Crippen molar-refractivity contribution in [3.63, 3.8) is 0 Å². The highest BCUT2D eigenvalue weighted by molar-refractivity contribution is 6.21. The van der Waals surface area contributed by atoms with Crippen molar-refractivity contribution in [3.8, 4) is 0 Å². The van der Waals surface area contributed by atoms with E-state index in [1.54, 1.807) is 6.92 Å². The lowest BCUT2D eigenvalue weighted by molar-refractivity contribution is -0.175. The number of allylic oxidation sites excluding steroid dienone is 1. The van der Waals surface area contributed by atoms with Crippen molar-refractivity contribution >= 4 is 23.4 Å². The van der Waals surface area contributed by atoms with Gasteiger partial charge in [-0.25, -0.2) is 0 Å². The third-order valence-corrected chi connectivity index (χ3v) is 5.87. The first-order chi connectivity index (χ1) is 9.40. The Hall–Kier alpha value is -0.870. The van der Waals surface area contributed by atoms with Crippen molar-refractivity contribution in [2.75, 3.05) is 13.0 Å². The summed E-state index contributed by atoms with van der Waals surface area (Å²) in [5.74, 6) is -1.67. The summed E-state index contributed by atoms with van der Waals surface area (Å²) in [6.07, 6.45) is 3.17. The molecular weight excluding hydrogens is 280 g/mol. The summed E-state index contributed by atoms with van der Waals surface area (Å²) >= 11 is 5.90. The first-order valence-electron chi connectivity index (χ1n) is 7.03. The first-order valence-corrected chi connectivity index (χ1v) is 7.56. The molecule has 2 bridgehead atoms. The molecule has 0 spiro atoms. The minimum Gasteiger partial charge on any atom is -0.469 e. The second-order valence-electron chi connectivity index (χ2n) is 6.42. The lowest BCUT2D eigenvalue weighted by atomic mass is 9.50. The summed E-state index contributed by atoms with van der Waals surface area (Å²) in [4.78, 5) is 24.9. The number of hydrogen-bond acceptors (Lipinski definition) is 4. The van der Waals surface area contributed by atoms with Gasteiger partial charge in [0.25, 0.3) is 0 Å². The topological polar surface area (TPSA) is 63.6 Å². The van der Waals surface area contributed by atoms with Gasteiger partial charge in [-0.15, -0.1) is 11.6 Å². The third-order valence-electron chi connectivity index (χ3n) is 5.46. The Bertz CT molecular complexity index is 526. The molecule has 0 aromatic rings. The van der Waals surface area contributed by atoms with Crippen LogP contribution >= 0.6 is 11.6 Å². The van der Waals surface area contributed by atoms with E-state index in [0.29, 0.717) is 6.42 Å². The van der Waals surface area contributed by atoms with Gasteiger partial charge in [-0.3, -0.25) is 9.59 Å². The van der Waals surface area contributed by atoms with E-state index in [2.05, 4.69) is 0 Å². The maximum absolute atomic E-state index is 12.7. The summed E-state index contributed by atoms with van der Waals surface area (Å²) in [7, 11) is 1.35. The van der Waals surface area contributed by atoms with E-state index in [-0.39, 0.29) is 23.6 Å². The predicted octanol–water partition coefficient (Wildman–Crippen LogP) is 1.83. The molecule has 4 aliphatic carbocycles. The van der Waals surface area contributed by atoms with Crippen LogP contribution in [0.4, 0.5) is 0 Å². The minimum atomic E-state index is -1.51. The molecule has 20 heavy (non-hydrogen) atoms. The summed E-state index contributed by atoms with van der Waals surface area (Å²) < 4.78 is 4.92. The highest BCUT2D eigenvalue weighted by Gasteiger charge is 2.66.